The zero-order valence-electron chi connectivity index (χ0n) is 14.1. The lowest BCUT2D eigenvalue weighted by atomic mass is 9.95. The van der Waals surface area contributed by atoms with Gasteiger partial charge in [0, 0.05) is 38.1 Å². The van der Waals surface area contributed by atoms with Crippen LogP contribution in [0.25, 0.3) is 6.08 Å². The van der Waals surface area contributed by atoms with Crippen molar-refractivity contribution in [3.8, 4) is 0 Å². The molecule has 6 nitrogen and oxygen atoms in total. The number of rotatable bonds is 8. The number of aldehydes is 1. The maximum atomic E-state index is 11.3. The highest BCUT2D eigenvalue weighted by Gasteiger charge is 2.15. The Kier molecular flexibility index (Phi) is 7.31. The highest BCUT2D eigenvalue weighted by atomic mass is 16.1. The quantitative estimate of drug-likeness (QED) is 0.381. The lowest BCUT2D eigenvalue weighted by molar-refractivity contribution is 0.112. The third-order valence-corrected chi connectivity index (χ3v) is 3.33. The SMILES string of the molecule is CCCN(N)/C=C(\N)C(N)c1cccc(C=O)c1/C=C\N(C)C. The van der Waals surface area contributed by atoms with Gasteiger partial charge in [0.1, 0.15) is 0 Å². The maximum Gasteiger partial charge on any atom is 0.150 e. The molecule has 0 saturated carbocycles. The molecule has 0 saturated heterocycles. The predicted octanol–water partition coefficient (Wildman–Crippen LogP) is 1.42. The molecule has 0 amide bonds. The molecule has 0 fully saturated rings. The fourth-order valence-electron chi connectivity index (χ4n) is 2.17. The van der Waals surface area contributed by atoms with Crippen molar-refractivity contribution in [1.29, 1.82) is 0 Å². The number of carbonyl (C=O) groups is 1. The normalized spacial score (nSPS) is 13.2. The maximum absolute atomic E-state index is 11.3. The molecule has 0 spiro atoms. The van der Waals surface area contributed by atoms with Crippen LogP contribution in [0.5, 0.6) is 0 Å². The zero-order valence-corrected chi connectivity index (χ0v) is 14.1. The standard InChI is InChI=1S/C17H27N5O/c1-4-9-22(20)11-16(18)17(19)15-7-5-6-13(12-23)14(15)8-10-21(2)3/h5-8,10-12,17H,4,9,18-20H2,1-3H3/b10-8-,16-11-. The van der Waals surface area contributed by atoms with E-state index in [0.29, 0.717) is 17.8 Å². The second kappa shape index (κ2) is 8.97. The average Bonchev–Trinajstić information content (AvgIpc) is 2.51. The highest BCUT2D eigenvalue weighted by Crippen LogP contribution is 2.24. The van der Waals surface area contributed by atoms with Gasteiger partial charge < -0.3 is 21.4 Å². The van der Waals surface area contributed by atoms with Crippen LogP contribution < -0.4 is 17.3 Å². The molecule has 6 N–H and O–H groups in total. The molecule has 0 aliphatic rings. The molecule has 1 atom stereocenters. The smallest absolute Gasteiger partial charge is 0.150 e. The minimum Gasteiger partial charge on any atom is -0.399 e. The third kappa shape index (κ3) is 5.43. The monoisotopic (exact) mass is 317 g/mol. The molecular weight excluding hydrogens is 290 g/mol. The molecule has 1 unspecified atom stereocenters. The van der Waals surface area contributed by atoms with Gasteiger partial charge in [-0.2, -0.15) is 0 Å². The second-order valence-corrected chi connectivity index (χ2v) is 5.59. The Morgan fingerprint density at radius 2 is 2.04 bits per heavy atom. The molecule has 1 aromatic carbocycles. The molecule has 0 radical (unpaired) electrons. The van der Waals surface area contributed by atoms with Crippen molar-refractivity contribution in [1.82, 2.24) is 9.91 Å². The van der Waals surface area contributed by atoms with Crippen LogP contribution in [0, 0.1) is 0 Å². The summed E-state index contributed by atoms with van der Waals surface area (Å²) in [4.78, 5) is 13.2. The van der Waals surface area contributed by atoms with Gasteiger partial charge in [0.2, 0.25) is 0 Å². The van der Waals surface area contributed by atoms with Crippen molar-refractivity contribution >= 4 is 12.4 Å². The van der Waals surface area contributed by atoms with Gasteiger partial charge in [-0.15, -0.1) is 0 Å². The van der Waals surface area contributed by atoms with Crippen molar-refractivity contribution < 1.29 is 4.79 Å². The first-order valence-electron chi connectivity index (χ1n) is 7.57. The molecular formula is C17H27N5O. The van der Waals surface area contributed by atoms with E-state index in [-0.39, 0.29) is 0 Å². The van der Waals surface area contributed by atoms with Crippen LogP contribution in [0.3, 0.4) is 0 Å². The van der Waals surface area contributed by atoms with Gasteiger partial charge in [-0.05, 0) is 29.8 Å². The Bertz CT molecular complexity index is 580. The molecule has 0 aromatic heterocycles. The van der Waals surface area contributed by atoms with Gasteiger partial charge in [-0.25, -0.2) is 5.84 Å². The van der Waals surface area contributed by atoms with E-state index in [0.717, 1.165) is 23.8 Å². The molecule has 126 valence electrons. The lowest BCUT2D eigenvalue weighted by Crippen LogP contribution is -2.30. The Balaban J connectivity index is 3.22. The summed E-state index contributed by atoms with van der Waals surface area (Å²) in [6.07, 6.45) is 7.09. The van der Waals surface area contributed by atoms with Gasteiger partial charge in [-0.1, -0.05) is 25.1 Å². The van der Waals surface area contributed by atoms with Crippen LogP contribution in [-0.4, -0.2) is 36.8 Å². The van der Waals surface area contributed by atoms with E-state index in [4.69, 9.17) is 17.3 Å². The Morgan fingerprint density at radius 1 is 1.35 bits per heavy atom. The van der Waals surface area contributed by atoms with E-state index in [1.807, 2.05) is 44.3 Å². The van der Waals surface area contributed by atoms with E-state index < -0.39 is 6.04 Å². The number of benzene rings is 1. The summed E-state index contributed by atoms with van der Waals surface area (Å²) in [5.41, 5.74) is 14.9. The summed E-state index contributed by atoms with van der Waals surface area (Å²) >= 11 is 0. The first kappa shape index (κ1) is 18.7. The summed E-state index contributed by atoms with van der Waals surface area (Å²) in [6.45, 7) is 2.72. The summed E-state index contributed by atoms with van der Waals surface area (Å²) in [5.74, 6) is 5.84. The van der Waals surface area contributed by atoms with E-state index in [9.17, 15) is 4.79 Å². The highest BCUT2D eigenvalue weighted by molar-refractivity contribution is 5.83. The molecule has 6 heteroatoms. The number of hydrogen-bond donors (Lipinski definition) is 3. The number of nitrogens with two attached hydrogens (primary N) is 3. The molecule has 0 heterocycles. The minimum atomic E-state index is -0.542. The average molecular weight is 317 g/mol. The van der Waals surface area contributed by atoms with E-state index in [2.05, 4.69) is 0 Å². The van der Waals surface area contributed by atoms with Crippen LogP contribution in [0.4, 0.5) is 0 Å². The van der Waals surface area contributed by atoms with E-state index in [1.165, 1.54) is 5.01 Å². The van der Waals surface area contributed by atoms with Gasteiger partial charge in [-0.3, -0.25) is 4.79 Å². The largest absolute Gasteiger partial charge is 0.399 e. The van der Waals surface area contributed by atoms with Crippen molar-refractivity contribution in [3.63, 3.8) is 0 Å². The molecule has 0 bridgehead atoms. The molecule has 1 aromatic rings. The second-order valence-electron chi connectivity index (χ2n) is 5.59. The molecule has 0 aliphatic carbocycles. The Hall–Kier alpha value is -2.31. The number of carbonyl (C=O) groups excluding carboxylic acids is 1. The number of hydrogen-bond acceptors (Lipinski definition) is 6. The summed E-state index contributed by atoms with van der Waals surface area (Å²) in [7, 11) is 3.82. The molecule has 1 rings (SSSR count). The Labute approximate surface area is 138 Å². The van der Waals surface area contributed by atoms with Gasteiger partial charge in [0.15, 0.2) is 6.29 Å². The van der Waals surface area contributed by atoms with Crippen LogP contribution in [0.1, 0.15) is 40.9 Å². The third-order valence-electron chi connectivity index (χ3n) is 3.33. The first-order valence-corrected chi connectivity index (χ1v) is 7.57. The summed E-state index contributed by atoms with van der Waals surface area (Å²) in [5, 5.41) is 1.52. The summed E-state index contributed by atoms with van der Waals surface area (Å²) < 4.78 is 0. The lowest BCUT2D eigenvalue weighted by Gasteiger charge is -2.20. The van der Waals surface area contributed by atoms with Crippen LogP contribution in [-0.2, 0) is 0 Å². The van der Waals surface area contributed by atoms with Gasteiger partial charge in [0.25, 0.3) is 0 Å². The van der Waals surface area contributed by atoms with Gasteiger partial charge >= 0.3 is 0 Å². The van der Waals surface area contributed by atoms with E-state index >= 15 is 0 Å². The number of nitrogens with zero attached hydrogens (tertiary/aromatic N) is 2. The zero-order chi connectivity index (χ0) is 17.4. The van der Waals surface area contributed by atoms with Gasteiger partial charge in [0.05, 0.1) is 6.04 Å². The topological polar surface area (TPSA) is 102 Å². The van der Waals surface area contributed by atoms with Crippen molar-refractivity contribution in [3.05, 3.63) is 53.0 Å². The molecule has 0 aliphatic heterocycles. The van der Waals surface area contributed by atoms with E-state index in [1.54, 1.807) is 18.3 Å². The van der Waals surface area contributed by atoms with Crippen LogP contribution in [0.15, 0.2) is 36.3 Å². The van der Waals surface area contributed by atoms with Crippen LogP contribution in [0.2, 0.25) is 0 Å². The number of hydrazine groups is 1. The van der Waals surface area contributed by atoms with Crippen molar-refractivity contribution in [2.24, 2.45) is 17.3 Å². The Morgan fingerprint density at radius 3 is 2.61 bits per heavy atom. The minimum absolute atomic E-state index is 0.448. The van der Waals surface area contributed by atoms with Crippen molar-refractivity contribution in [2.75, 3.05) is 20.6 Å². The van der Waals surface area contributed by atoms with Crippen LogP contribution >= 0.6 is 0 Å². The molecule has 23 heavy (non-hydrogen) atoms. The fourth-order valence-corrected chi connectivity index (χ4v) is 2.17. The fraction of sp³-hybridized carbons (Fsp3) is 0.353. The first-order chi connectivity index (χ1) is 10.9. The predicted molar refractivity (Wildman–Crippen MR) is 94.9 cm³/mol. The summed E-state index contributed by atoms with van der Waals surface area (Å²) in [6, 6.07) is 4.88. The van der Waals surface area contributed by atoms with Crippen molar-refractivity contribution in [2.45, 2.75) is 19.4 Å².